The number of nitrogens with zero attached hydrogens (tertiary/aromatic N) is 5. The Labute approximate surface area is 253 Å². The molecule has 11 nitrogen and oxygen atoms in total. The van der Waals surface area contributed by atoms with Crippen molar-refractivity contribution >= 4 is 27.6 Å². The van der Waals surface area contributed by atoms with Crippen LogP contribution in [-0.4, -0.2) is 65.5 Å². The van der Waals surface area contributed by atoms with Crippen LogP contribution in [0.15, 0.2) is 47.6 Å². The topological polar surface area (TPSA) is 131 Å². The number of rotatable bonds is 5. The number of hydrogen-bond acceptors (Lipinski definition) is 9. The van der Waals surface area contributed by atoms with Crippen LogP contribution >= 0.6 is 0 Å². The second kappa shape index (κ2) is 10.9. The van der Waals surface area contributed by atoms with Crippen molar-refractivity contribution in [1.29, 1.82) is 0 Å². The van der Waals surface area contributed by atoms with Crippen LogP contribution in [0, 0.1) is 11.3 Å². The normalized spacial score (nSPS) is 22.2. The third-order valence-electron chi connectivity index (χ3n) is 8.77. The first-order valence-corrected chi connectivity index (χ1v) is 16.1. The maximum Gasteiger partial charge on any atom is 0.394 e. The number of nitrogens with one attached hydrogen (secondary N) is 2. The molecule has 1 atom stereocenters. The van der Waals surface area contributed by atoms with Crippen LogP contribution < -0.4 is 19.7 Å². The van der Waals surface area contributed by atoms with Crippen molar-refractivity contribution < 1.29 is 31.1 Å². The first kappa shape index (κ1) is 30.2. The molecule has 0 aromatic carbocycles. The molecule has 1 aliphatic carbocycles. The lowest BCUT2D eigenvalue weighted by Gasteiger charge is -2.34. The van der Waals surface area contributed by atoms with E-state index in [1.54, 1.807) is 6.20 Å². The molecule has 2 fully saturated rings. The number of alkyl halides is 3. The lowest BCUT2D eigenvalue weighted by molar-refractivity contribution is -0.190. The van der Waals surface area contributed by atoms with Gasteiger partial charge in [0.25, 0.3) is 15.9 Å². The number of ether oxygens (including phenoxy) is 1. The summed E-state index contributed by atoms with van der Waals surface area (Å²) in [6, 6.07) is 7.29. The Kier molecular flexibility index (Phi) is 7.49. The Morgan fingerprint density at radius 2 is 1.95 bits per heavy atom. The predicted octanol–water partition coefficient (Wildman–Crippen LogP) is 4.70. The molecule has 15 heteroatoms. The highest BCUT2D eigenvalue weighted by Gasteiger charge is 2.62. The summed E-state index contributed by atoms with van der Waals surface area (Å²) in [5.41, 5.74) is -1.97. The van der Waals surface area contributed by atoms with Crippen molar-refractivity contribution in [2.24, 2.45) is 11.3 Å². The average molecular weight is 634 g/mol. The van der Waals surface area contributed by atoms with Crippen LogP contribution in [-0.2, 0) is 10.0 Å². The molecule has 0 spiro atoms. The summed E-state index contributed by atoms with van der Waals surface area (Å²) in [5.74, 6) is 0.676. The van der Waals surface area contributed by atoms with Gasteiger partial charge in [-0.05, 0) is 76.5 Å². The maximum atomic E-state index is 13.6. The van der Waals surface area contributed by atoms with E-state index in [9.17, 15) is 26.4 Å². The number of amides is 1. The second-order valence-electron chi connectivity index (χ2n) is 12.4. The molecule has 0 radical (unpaired) electrons. The number of hydrogen-bond donors (Lipinski definition) is 2. The Hall–Kier alpha value is -3.88. The van der Waals surface area contributed by atoms with E-state index in [0.717, 1.165) is 19.3 Å². The summed E-state index contributed by atoms with van der Waals surface area (Å²) in [6.07, 6.45) is 1.36. The molecule has 4 bridgehead atoms. The van der Waals surface area contributed by atoms with Gasteiger partial charge < -0.3 is 15.0 Å². The largest absolute Gasteiger partial charge is 0.477 e. The van der Waals surface area contributed by atoms with E-state index >= 15 is 0 Å². The third-order valence-corrected chi connectivity index (χ3v) is 10.1. The van der Waals surface area contributed by atoms with E-state index in [2.05, 4.69) is 34.0 Å². The Balaban J connectivity index is 1.30. The smallest absolute Gasteiger partial charge is 0.394 e. The van der Waals surface area contributed by atoms with Gasteiger partial charge in [-0.1, -0.05) is 0 Å². The molecular weight excluding hydrogens is 599 g/mol. The molecular formula is C29H34F3N7O4S. The zero-order chi connectivity index (χ0) is 31.3. The van der Waals surface area contributed by atoms with Gasteiger partial charge in [0.15, 0.2) is 5.82 Å². The Morgan fingerprint density at radius 1 is 1.16 bits per heavy atom. The SMILES string of the molecule is CC1(C)CC2CCCNc3cc(ccn3)S(=O)(=O)NC(=O)c3ccc(-n4ccc(OCCC5(C(F)(F)F)CC5)n4)nc3N1C2. The lowest BCUT2D eigenvalue weighted by atomic mass is 9.93. The number of carbonyl (C=O) groups excluding carboxylic acids is 1. The van der Waals surface area contributed by atoms with Crippen LogP contribution in [0.4, 0.5) is 24.8 Å². The molecule has 1 saturated carbocycles. The standard InChI is InChI=1S/C29H34F3N7O4S/c1-27(2)17-19-4-3-12-33-22-16-20(7-13-34-22)44(41,42)37-26(40)21-5-6-23(35-25(21)38(27)18-19)39-14-8-24(36-39)43-15-11-28(9-10-28)29(30,31)32/h5-8,13-14,16,19H,3-4,9-12,15,17-18H2,1-2H3,(H,33,34)(H,37,40). The predicted molar refractivity (Wildman–Crippen MR) is 155 cm³/mol. The number of aromatic nitrogens is 4. The van der Waals surface area contributed by atoms with Crippen LogP contribution in [0.25, 0.3) is 5.82 Å². The third kappa shape index (κ3) is 5.93. The molecule has 236 valence electrons. The highest BCUT2D eigenvalue weighted by molar-refractivity contribution is 7.90. The maximum absolute atomic E-state index is 13.6. The quantitative estimate of drug-likeness (QED) is 0.410. The average Bonchev–Trinajstić information content (AvgIpc) is 3.51. The van der Waals surface area contributed by atoms with E-state index in [0.29, 0.717) is 36.5 Å². The van der Waals surface area contributed by atoms with Gasteiger partial charge in [-0.25, -0.2) is 27.8 Å². The van der Waals surface area contributed by atoms with E-state index in [1.165, 1.54) is 41.2 Å². The molecule has 3 aromatic rings. The molecule has 6 rings (SSSR count). The van der Waals surface area contributed by atoms with E-state index in [4.69, 9.17) is 9.72 Å². The summed E-state index contributed by atoms with van der Waals surface area (Å²) >= 11 is 0. The highest BCUT2D eigenvalue weighted by Crippen LogP contribution is 2.59. The number of sulfonamides is 1. The molecule has 2 N–H and O–H groups in total. The van der Waals surface area contributed by atoms with Crippen LogP contribution in [0.5, 0.6) is 5.88 Å². The molecule has 1 saturated heterocycles. The fourth-order valence-electron chi connectivity index (χ4n) is 6.11. The zero-order valence-electron chi connectivity index (χ0n) is 24.4. The van der Waals surface area contributed by atoms with Crippen LogP contribution in [0.1, 0.15) is 62.7 Å². The molecule has 1 unspecified atom stereocenters. The molecule has 2 aliphatic heterocycles. The summed E-state index contributed by atoms with van der Waals surface area (Å²) in [6.45, 7) is 5.21. The van der Waals surface area contributed by atoms with E-state index in [-0.39, 0.29) is 42.2 Å². The summed E-state index contributed by atoms with van der Waals surface area (Å²) < 4.78 is 75.3. The van der Waals surface area contributed by atoms with E-state index < -0.39 is 33.1 Å². The Bertz CT molecular complexity index is 1670. The number of anilines is 2. The van der Waals surface area contributed by atoms with Gasteiger partial charge in [0, 0.05) is 43.2 Å². The number of halogens is 3. The molecule has 1 amide bonds. The second-order valence-corrected chi connectivity index (χ2v) is 14.1. The summed E-state index contributed by atoms with van der Waals surface area (Å²) in [7, 11) is -4.23. The number of fused-ring (bicyclic) bond motifs is 6. The molecule has 3 aromatic heterocycles. The van der Waals surface area contributed by atoms with Gasteiger partial charge in [-0.3, -0.25) is 4.79 Å². The van der Waals surface area contributed by atoms with Crippen molar-refractivity contribution in [1.82, 2.24) is 24.5 Å². The van der Waals surface area contributed by atoms with Gasteiger partial charge in [0.1, 0.15) is 11.6 Å². The lowest BCUT2D eigenvalue weighted by Crippen LogP contribution is -2.41. The van der Waals surface area contributed by atoms with Crippen LogP contribution in [0.3, 0.4) is 0 Å². The van der Waals surface area contributed by atoms with Gasteiger partial charge in [-0.2, -0.15) is 13.2 Å². The van der Waals surface area contributed by atoms with Crippen molar-refractivity contribution in [3.05, 3.63) is 48.3 Å². The van der Waals surface area contributed by atoms with E-state index in [1.807, 2.05) is 4.90 Å². The molecule has 3 aliphatic rings. The van der Waals surface area contributed by atoms with Gasteiger partial charge in [0.2, 0.25) is 5.88 Å². The van der Waals surface area contributed by atoms with Crippen molar-refractivity contribution in [3.63, 3.8) is 0 Å². The monoisotopic (exact) mass is 633 g/mol. The Morgan fingerprint density at radius 3 is 2.70 bits per heavy atom. The van der Waals surface area contributed by atoms with Crippen molar-refractivity contribution in [2.75, 3.05) is 29.9 Å². The molecule has 5 heterocycles. The number of pyridine rings is 2. The first-order chi connectivity index (χ1) is 20.8. The first-order valence-electron chi connectivity index (χ1n) is 14.6. The van der Waals surface area contributed by atoms with Gasteiger partial charge >= 0.3 is 6.18 Å². The van der Waals surface area contributed by atoms with Crippen molar-refractivity contribution in [2.45, 2.75) is 69.0 Å². The summed E-state index contributed by atoms with van der Waals surface area (Å²) in [4.78, 5) is 24.5. The minimum atomic E-state index is -4.25. The summed E-state index contributed by atoms with van der Waals surface area (Å²) in [5, 5.41) is 7.52. The fraction of sp³-hybridized carbons (Fsp3) is 0.517. The minimum Gasteiger partial charge on any atom is -0.477 e. The minimum absolute atomic E-state index is 0.0823. The molecule has 44 heavy (non-hydrogen) atoms. The zero-order valence-corrected chi connectivity index (χ0v) is 25.2. The fourth-order valence-corrected chi connectivity index (χ4v) is 7.09. The highest BCUT2D eigenvalue weighted by atomic mass is 32.2. The van der Waals surface area contributed by atoms with Gasteiger partial charge in [0.05, 0.1) is 22.5 Å². The van der Waals surface area contributed by atoms with Gasteiger partial charge in [-0.15, -0.1) is 5.10 Å². The van der Waals surface area contributed by atoms with Crippen molar-refractivity contribution in [3.8, 4) is 11.7 Å². The van der Waals surface area contributed by atoms with Crippen LogP contribution in [0.2, 0.25) is 0 Å². The number of carbonyl (C=O) groups is 1.